The van der Waals surface area contributed by atoms with Gasteiger partial charge in [-0.1, -0.05) is 44.2 Å². The fraction of sp³-hybridized carbons (Fsp3) is 0.261. The molecule has 3 aromatic rings. The van der Waals surface area contributed by atoms with Gasteiger partial charge in [0.15, 0.2) is 5.82 Å². The van der Waals surface area contributed by atoms with Gasteiger partial charge in [0, 0.05) is 11.1 Å². The van der Waals surface area contributed by atoms with Crippen LogP contribution in [0.15, 0.2) is 55.6 Å². The highest BCUT2D eigenvalue weighted by molar-refractivity contribution is 6.01. The molecule has 8 nitrogen and oxygen atoms in total. The number of urea groups is 1. The number of hydrogen-bond acceptors (Lipinski definition) is 4. The number of aromatic amines is 1. The molecule has 3 amide bonds. The van der Waals surface area contributed by atoms with Gasteiger partial charge in [-0.15, -0.1) is 13.2 Å². The van der Waals surface area contributed by atoms with E-state index in [2.05, 4.69) is 38.7 Å². The number of anilines is 2. The summed E-state index contributed by atoms with van der Waals surface area (Å²) in [5.41, 5.74) is 3.45. The molecule has 0 fully saturated rings. The van der Waals surface area contributed by atoms with Crippen LogP contribution in [-0.2, 0) is 11.3 Å². The number of ether oxygens (including phenoxy) is 1. The second kappa shape index (κ2) is 10.8. The lowest BCUT2D eigenvalue weighted by molar-refractivity contribution is 0.186. The highest BCUT2D eigenvalue weighted by Gasteiger charge is 2.28. The van der Waals surface area contributed by atoms with E-state index in [1.165, 1.54) is 7.11 Å². The normalized spacial score (nSPS) is 12.9. The number of carbonyl (C=O) groups excluding carboxylic acids is 2. The summed E-state index contributed by atoms with van der Waals surface area (Å²) in [7, 11) is 1.30. The Bertz CT molecular complexity index is 1030. The number of nitrogens with one attached hydrogen (secondary N) is 3. The first-order chi connectivity index (χ1) is 15.1. The lowest BCUT2D eigenvalue weighted by Gasteiger charge is -2.34. The van der Waals surface area contributed by atoms with Gasteiger partial charge >= 0.3 is 12.1 Å². The van der Waals surface area contributed by atoms with Crippen LogP contribution in [0.4, 0.5) is 21.1 Å². The molecule has 0 radical (unpaired) electrons. The van der Waals surface area contributed by atoms with E-state index >= 15 is 0 Å². The number of carbonyl (C=O) groups is 2. The fourth-order valence-electron chi connectivity index (χ4n) is 3.27. The van der Waals surface area contributed by atoms with Gasteiger partial charge < -0.3 is 15.0 Å². The zero-order valence-corrected chi connectivity index (χ0v) is 18.4. The van der Waals surface area contributed by atoms with E-state index < -0.39 is 6.09 Å². The number of hydrogen-bond donors (Lipinski definition) is 3. The highest BCUT2D eigenvalue weighted by atomic mass is 16.5. The minimum absolute atomic E-state index is 0.0768. The van der Waals surface area contributed by atoms with Crippen LogP contribution in [0.1, 0.15) is 37.9 Å². The van der Waals surface area contributed by atoms with Crippen molar-refractivity contribution >= 4 is 34.5 Å². The molecular formula is C23H29N5O3. The van der Waals surface area contributed by atoms with Gasteiger partial charge in [-0.3, -0.25) is 10.4 Å². The van der Waals surface area contributed by atoms with E-state index in [4.69, 9.17) is 0 Å². The minimum Gasteiger partial charge on any atom is -0.453 e. The van der Waals surface area contributed by atoms with E-state index in [0.29, 0.717) is 17.9 Å². The first kappa shape index (κ1) is 23.5. The second-order valence-electron chi connectivity index (χ2n) is 6.39. The third-order valence-corrected chi connectivity index (χ3v) is 4.79. The van der Waals surface area contributed by atoms with E-state index in [9.17, 15) is 9.59 Å². The molecule has 0 bridgehead atoms. The van der Waals surface area contributed by atoms with Crippen molar-refractivity contribution in [3.8, 4) is 0 Å². The van der Waals surface area contributed by atoms with Crippen molar-refractivity contribution in [3.05, 3.63) is 66.7 Å². The second-order valence-corrected chi connectivity index (χ2v) is 6.39. The smallest absolute Gasteiger partial charge is 0.412 e. The van der Waals surface area contributed by atoms with Crippen LogP contribution < -0.4 is 10.6 Å². The van der Waals surface area contributed by atoms with Gasteiger partial charge in [-0.05, 0) is 30.2 Å². The molecule has 1 aromatic heterocycles. The highest BCUT2D eigenvalue weighted by Crippen LogP contribution is 2.34. The summed E-state index contributed by atoms with van der Waals surface area (Å²) < 4.78 is 4.63. The first-order valence-corrected chi connectivity index (χ1v) is 10.1. The number of rotatable bonds is 3. The number of nitrogens with zero attached hydrogens (tertiary/aromatic N) is 2. The molecule has 0 saturated heterocycles. The van der Waals surface area contributed by atoms with Crippen molar-refractivity contribution in [1.82, 2.24) is 15.1 Å². The third kappa shape index (κ3) is 5.03. The third-order valence-electron chi connectivity index (χ3n) is 4.79. The molecule has 3 N–H and O–H groups in total. The zero-order valence-electron chi connectivity index (χ0n) is 18.4. The summed E-state index contributed by atoms with van der Waals surface area (Å²) in [6, 6.07) is 13.4. The Kier molecular flexibility index (Phi) is 8.19. The predicted octanol–water partition coefficient (Wildman–Crippen LogP) is 5.68. The molecule has 8 heteroatoms. The summed E-state index contributed by atoms with van der Waals surface area (Å²) in [6.07, 6.45) is -0.589. The number of methoxy groups -OCH3 is 1. The van der Waals surface area contributed by atoms with Gasteiger partial charge in [0.25, 0.3) is 0 Å². The van der Waals surface area contributed by atoms with Crippen LogP contribution in [0.3, 0.4) is 0 Å². The van der Waals surface area contributed by atoms with Crippen LogP contribution in [0, 0.1) is 0 Å². The van der Waals surface area contributed by atoms with Crippen molar-refractivity contribution < 1.29 is 14.3 Å². The molecule has 1 aliphatic rings. The Morgan fingerprint density at radius 1 is 1.23 bits per heavy atom. The molecule has 0 spiro atoms. The molecular weight excluding hydrogens is 394 g/mol. The number of benzene rings is 2. The lowest BCUT2D eigenvalue weighted by Crippen LogP contribution is -2.40. The topological polar surface area (TPSA) is 99.3 Å². The molecule has 4 rings (SSSR count). The Labute approximate surface area is 182 Å². The Hall–Kier alpha value is -3.81. The summed E-state index contributed by atoms with van der Waals surface area (Å²) in [5, 5.41) is 13.2. The number of H-pyrrole nitrogens is 1. The largest absolute Gasteiger partial charge is 0.453 e. The van der Waals surface area contributed by atoms with Crippen molar-refractivity contribution in [2.75, 3.05) is 17.7 Å². The van der Waals surface area contributed by atoms with Crippen molar-refractivity contribution in [3.63, 3.8) is 0 Å². The fourth-order valence-corrected chi connectivity index (χ4v) is 3.27. The zero-order chi connectivity index (χ0) is 23.0. The predicted molar refractivity (Wildman–Crippen MR) is 124 cm³/mol. The summed E-state index contributed by atoms with van der Waals surface area (Å²) >= 11 is 0. The van der Waals surface area contributed by atoms with E-state index in [0.717, 1.165) is 22.2 Å². The van der Waals surface area contributed by atoms with E-state index in [-0.39, 0.29) is 12.1 Å². The molecule has 164 valence electrons. The molecule has 0 saturated carbocycles. The molecule has 2 heterocycles. The van der Waals surface area contributed by atoms with Gasteiger partial charge in [0.05, 0.1) is 25.2 Å². The molecule has 31 heavy (non-hydrogen) atoms. The number of fused-ring (bicyclic) bond motifs is 2. The standard InChI is InChI=1S/C19H19N5O3.C2H6.C2H4/c1-11(12-6-4-3-5-7-12)24-10-13-8-14-16(9-15(13)20-18(24)25)22-23-17(14)21-19(26)27-2;2*1-2/h3-9,11H,10H2,1-2H3,(H,20,25)(H2,21,22,23,26);1-2H3;1-2H2/t11-;;/m1../s1. The van der Waals surface area contributed by atoms with Gasteiger partial charge in [-0.25, -0.2) is 9.59 Å². The maximum absolute atomic E-state index is 12.6. The lowest BCUT2D eigenvalue weighted by atomic mass is 10.0. The van der Waals surface area contributed by atoms with E-state index in [1.54, 1.807) is 4.90 Å². The molecule has 0 aliphatic carbocycles. The van der Waals surface area contributed by atoms with Crippen LogP contribution in [-0.4, -0.2) is 34.3 Å². The van der Waals surface area contributed by atoms with Crippen LogP contribution in [0.2, 0.25) is 0 Å². The summed E-state index contributed by atoms with van der Waals surface area (Å²) in [5.74, 6) is 0.388. The monoisotopic (exact) mass is 423 g/mol. The molecule has 1 aliphatic heterocycles. The molecule has 0 unspecified atom stereocenters. The number of amides is 3. The molecule has 1 atom stereocenters. The quantitative estimate of drug-likeness (QED) is 0.472. The summed E-state index contributed by atoms with van der Waals surface area (Å²) in [6.45, 7) is 12.5. The maximum Gasteiger partial charge on any atom is 0.412 e. The van der Waals surface area contributed by atoms with Crippen molar-refractivity contribution in [1.29, 1.82) is 0 Å². The first-order valence-electron chi connectivity index (χ1n) is 10.1. The van der Waals surface area contributed by atoms with Crippen LogP contribution in [0.5, 0.6) is 0 Å². The average Bonchev–Trinajstić information content (AvgIpc) is 3.21. The van der Waals surface area contributed by atoms with Crippen molar-refractivity contribution in [2.24, 2.45) is 0 Å². The minimum atomic E-state index is -0.589. The maximum atomic E-state index is 12.6. The van der Waals surface area contributed by atoms with Crippen molar-refractivity contribution in [2.45, 2.75) is 33.4 Å². The van der Waals surface area contributed by atoms with Gasteiger partial charge in [0.1, 0.15) is 0 Å². The Balaban J connectivity index is 0.000000807. The SMILES string of the molecule is C=C.CC.COC(=O)Nc1n[nH]c2cc3c(cc12)CN([C@H](C)c1ccccc1)C(=O)N3. The van der Waals surface area contributed by atoms with Crippen LogP contribution >= 0.6 is 0 Å². The van der Waals surface area contributed by atoms with Gasteiger partial charge in [-0.2, -0.15) is 5.10 Å². The van der Waals surface area contributed by atoms with Gasteiger partial charge in [0.2, 0.25) is 0 Å². The Morgan fingerprint density at radius 3 is 2.55 bits per heavy atom. The Morgan fingerprint density at radius 2 is 1.90 bits per heavy atom. The van der Waals surface area contributed by atoms with Crippen LogP contribution in [0.25, 0.3) is 10.9 Å². The van der Waals surface area contributed by atoms with E-state index in [1.807, 2.05) is 63.2 Å². The average molecular weight is 424 g/mol. The molecule has 2 aromatic carbocycles. The number of aromatic nitrogens is 2. The summed E-state index contributed by atoms with van der Waals surface area (Å²) in [4.78, 5) is 25.9.